The Labute approximate surface area is 54.0 Å². The summed E-state index contributed by atoms with van der Waals surface area (Å²) in [5.41, 5.74) is 6.12. The van der Waals surface area contributed by atoms with Crippen LogP contribution in [0.15, 0.2) is 21.8 Å². The topological polar surface area (TPSA) is 50.7 Å². The molecule has 0 spiro atoms. The van der Waals surface area contributed by atoms with E-state index < -0.39 is 0 Å². The Morgan fingerprint density at radius 1 is 1.89 bits per heavy atom. The molecule has 0 fully saturated rings. The fourth-order valence-corrected chi connectivity index (χ4v) is 0.649. The summed E-state index contributed by atoms with van der Waals surface area (Å²) in [6.07, 6.45) is 4.29. The summed E-state index contributed by atoms with van der Waals surface area (Å²) in [4.78, 5) is 7.72. The van der Waals surface area contributed by atoms with Crippen LogP contribution in [-0.2, 0) is 0 Å². The van der Waals surface area contributed by atoms with E-state index in [9.17, 15) is 0 Å². The van der Waals surface area contributed by atoms with E-state index in [2.05, 4.69) is 16.7 Å². The molecule has 2 N–H and O–H groups in total. The predicted molar refractivity (Wildman–Crippen MR) is 38.7 cm³/mol. The van der Waals surface area contributed by atoms with Gasteiger partial charge in [0.1, 0.15) is 6.17 Å². The van der Waals surface area contributed by atoms with Gasteiger partial charge in [0.2, 0.25) is 0 Å². The molecule has 0 aromatic heterocycles. The minimum atomic E-state index is -0.00250. The molecule has 1 unspecified atom stereocenters. The molecule has 0 saturated carbocycles. The zero-order valence-electron chi connectivity index (χ0n) is 5.12. The molecule has 48 valence electrons. The quantitative estimate of drug-likeness (QED) is 0.502. The van der Waals surface area contributed by atoms with Crippen molar-refractivity contribution in [1.29, 1.82) is 0 Å². The van der Waals surface area contributed by atoms with Gasteiger partial charge < -0.3 is 5.73 Å². The highest BCUT2D eigenvalue weighted by atomic mass is 15.0. The van der Waals surface area contributed by atoms with Gasteiger partial charge >= 0.3 is 0 Å². The molecule has 0 aromatic carbocycles. The maximum absolute atomic E-state index is 5.40. The second-order valence-electron chi connectivity index (χ2n) is 1.88. The Morgan fingerprint density at radius 2 is 2.67 bits per heavy atom. The molecule has 1 atom stereocenters. The van der Waals surface area contributed by atoms with Gasteiger partial charge in [-0.3, -0.25) is 9.98 Å². The number of hydrogen-bond acceptors (Lipinski definition) is 3. The van der Waals surface area contributed by atoms with Crippen LogP contribution in [0.5, 0.6) is 0 Å². The number of hydrogen-bond donors (Lipinski definition) is 1. The van der Waals surface area contributed by atoms with E-state index in [1.54, 1.807) is 6.21 Å². The average molecular weight is 123 g/mol. The molecule has 0 aromatic rings. The van der Waals surface area contributed by atoms with E-state index >= 15 is 0 Å². The van der Waals surface area contributed by atoms with Crippen molar-refractivity contribution in [1.82, 2.24) is 0 Å². The molecular formula is C6H9N3. The Morgan fingerprint density at radius 3 is 3.11 bits per heavy atom. The van der Waals surface area contributed by atoms with Crippen molar-refractivity contribution in [2.45, 2.75) is 12.6 Å². The van der Waals surface area contributed by atoms with Crippen LogP contribution < -0.4 is 5.73 Å². The van der Waals surface area contributed by atoms with Gasteiger partial charge in [-0.15, -0.1) is 0 Å². The van der Waals surface area contributed by atoms with Gasteiger partial charge in [0.25, 0.3) is 0 Å². The van der Waals surface area contributed by atoms with Gasteiger partial charge in [0.05, 0.1) is 0 Å². The van der Waals surface area contributed by atoms with Crippen LogP contribution in [-0.4, -0.2) is 19.1 Å². The molecule has 3 heteroatoms. The van der Waals surface area contributed by atoms with Crippen molar-refractivity contribution in [2.75, 3.05) is 0 Å². The first-order chi connectivity index (χ1) is 4.33. The monoisotopic (exact) mass is 123 g/mol. The number of aliphatic imine (C=N–C) groups is 2. The lowest BCUT2D eigenvalue weighted by Gasteiger charge is -2.07. The van der Waals surface area contributed by atoms with Crippen molar-refractivity contribution in [3.8, 4) is 0 Å². The fourth-order valence-electron chi connectivity index (χ4n) is 0.649. The molecule has 0 aliphatic carbocycles. The smallest absolute Gasteiger partial charge is 0.142 e. The third-order valence-electron chi connectivity index (χ3n) is 1.17. The molecule has 9 heavy (non-hydrogen) atoms. The number of nitrogens with zero attached hydrogens (tertiary/aromatic N) is 2. The summed E-state index contributed by atoms with van der Waals surface area (Å²) in [5, 5.41) is 0. The molecular weight excluding hydrogens is 114 g/mol. The summed E-state index contributed by atoms with van der Waals surface area (Å²) in [6, 6.07) is 0. The summed E-state index contributed by atoms with van der Waals surface area (Å²) in [7, 11) is 0. The molecule has 1 aliphatic heterocycles. The van der Waals surface area contributed by atoms with Gasteiger partial charge in [-0.05, 0) is 6.72 Å². The van der Waals surface area contributed by atoms with E-state index in [-0.39, 0.29) is 6.17 Å². The molecule has 1 heterocycles. The number of rotatable bonds is 1. The fraction of sp³-hybridized carbons (Fsp3) is 0.333. The molecule has 3 nitrogen and oxygen atoms in total. The van der Waals surface area contributed by atoms with E-state index in [0.29, 0.717) is 0 Å². The van der Waals surface area contributed by atoms with Gasteiger partial charge in [0, 0.05) is 18.3 Å². The molecule has 0 bridgehead atoms. The van der Waals surface area contributed by atoms with Gasteiger partial charge in [0.15, 0.2) is 0 Å². The van der Waals surface area contributed by atoms with Crippen molar-refractivity contribution in [2.24, 2.45) is 15.7 Å². The standard InChI is InChI=1S/C6H9N3/c1-8-6-3-2-5(7)4-9-6/h2,4,6H,1,3,7H2. The maximum Gasteiger partial charge on any atom is 0.142 e. The van der Waals surface area contributed by atoms with Crippen LogP contribution in [0.25, 0.3) is 0 Å². The van der Waals surface area contributed by atoms with Crippen molar-refractivity contribution in [3.63, 3.8) is 0 Å². The molecule has 1 aliphatic rings. The van der Waals surface area contributed by atoms with Gasteiger partial charge in [-0.2, -0.15) is 0 Å². The third kappa shape index (κ3) is 1.38. The molecule has 0 saturated heterocycles. The van der Waals surface area contributed by atoms with E-state index in [1.807, 2.05) is 6.08 Å². The second-order valence-corrected chi connectivity index (χ2v) is 1.88. The second kappa shape index (κ2) is 2.44. The normalized spacial score (nSPS) is 25.3. The van der Waals surface area contributed by atoms with Crippen LogP contribution in [0.3, 0.4) is 0 Å². The van der Waals surface area contributed by atoms with Crippen LogP contribution in [0, 0.1) is 0 Å². The first-order valence-electron chi connectivity index (χ1n) is 2.77. The molecule has 0 radical (unpaired) electrons. The van der Waals surface area contributed by atoms with Crippen molar-refractivity contribution in [3.05, 3.63) is 11.8 Å². The van der Waals surface area contributed by atoms with E-state index in [4.69, 9.17) is 5.73 Å². The lowest BCUT2D eigenvalue weighted by Crippen LogP contribution is -2.09. The zero-order valence-corrected chi connectivity index (χ0v) is 5.12. The maximum atomic E-state index is 5.40. The highest BCUT2D eigenvalue weighted by Crippen LogP contribution is 2.05. The van der Waals surface area contributed by atoms with Gasteiger partial charge in [-0.1, -0.05) is 6.08 Å². The minimum Gasteiger partial charge on any atom is -0.398 e. The highest BCUT2D eigenvalue weighted by molar-refractivity contribution is 5.78. The first kappa shape index (κ1) is 6.01. The molecule has 1 rings (SSSR count). The van der Waals surface area contributed by atoms with Crippen LogP contribution >= 0.6 is 0 Å². The highest BCUT2D eigenvalue weighted by Gasteiger charge is 2.02. The van der Waals surface area contributed by atoms with Crippen molar-refractivity contribution < 1.29 is 0 Å². The van der Waals surface area contributed by atoms with Crippen LogP contribution in [0.1, 0.15) is 6.42 Å². The third-order valence-corrected chi connectivity index (χ3v) is 1.17. The number of nitrogens with two attached hydrogens (primary N) is 1. The lowest BCUT2D eigenvalue weighted by molar-refractivity contribution is 0.723. The Hall–Kier alpha value is -1.12. The largest absolute Gasteiger partial charge is 0.398 e. The Bertz CT molecular complexity index is 169. The van der Waals surface area contributed by atoms with Crippen molar-refractivity contribution >= 4 is 12.9 Å². The summed E-state index contributed by atoms with van der Waals surface area (Å²) < 4.78 is 0. The minimum absolute atomic E-state index is 0.00250. The predicted octanol–water partition coefficient (Wildman–Crippen LogP) is 0.330. The van der Waals surface area contributed by atoms with E-state index in [1.165, 1.54) is 0 Å². The van der Waals surface area contributed by atoms with Crippen LogP contribution in [0.4, 0.5) is 0 Å². The summed E-state index contributed by atoms with van der Waals surface area (Å²) >= 11 is 0. The lowest BCUT2D eigenvalue weighted by atomic mass is 10.2. The first-order valence-corrected chi connectivity index (χ1v) is 2.77. The molecule has 0 amide bonds. The Kier molecular flexibility index (Phi) is 1.63. The Balaban J connectivity index is 2.58. The van der Waals surface area contributed by atoms with E-state index in [0.717, 1.165) is 12.1 Å². The average Bonchev–Trinajstić information content (AvgIpc) is 1.90. The van der Waals surface area contributed by atoms with Crippen LogP contribution in [0.2, 0.25) is 0 Å². The SMILES string of the molecule is C=NC1CC=C(N)C=N1. The summed E-state index contributed by atoms with van der Waals surface area (Å²) in [6.45, 7) is 3.38. The number of dihydropyridines is 1. The summed E-state index contributed by atoms with van der Waals surface area (Å²) in [5.74, 6) is 0. The number of allylic oxidation sites excluding steroid dienone is 1. The zero-order chi connectivity index (χ0) is 6.69. The van der Waals surface area contributed by atoms with Gasteiger partial charge in [-0.25, -0.2) is 0 Å².